The van der Waals surface area contributed by atoms with Crippen molar-refractivity contribution < 1.29 is 22.7 Å². The first-order valence-electron chi connectivity index (χ1n) is 9.32. The molecule has 4 N–H and O–H groups in total. The fourth-order valence-corrected chi connectivity index (χ4v) is 3.37. The smallest absolute Gasteiger partial charge is 0.320 e. The van der Waals surface area contributed by atoms with Gasteiger partial charge in [0.25, 0.3) is 5.92 Å². The van der Waals surface area contributed by atoms with E-state index in [9.17, 15) is 18.0 Å². The van der Waals surface area contributed by atoms with E-state index in [2.05, 4.69) is 27.6 Å². The average molecular weight is 419 g/mol. The molecule has 0 unspecified atom stereocenters. The maximum Gasteiger partial charge on any atom is 0.320 e. The molecule has 1 aromatic heterocycles. The number of fused-ring (bicyclic) bond motifs is 1. The molecule has 10 heteroatoms. The van der Waals surface area contributed by atoms with Gasteiger partial charge in [0.15, 0.2) is 17.1 Å². The van der Waals surface area contributed by atoms with E-state index in [-0.39, 0.29) is 35.1 Å². The van der Waals surface area contributed by atoms with Crippen LogP contribution in [0.4, 0.5) is 29.5 Å². The van der Waals surface area contributed by atoms with Crippen LogP contribution in [0.15, 0.2) is 18.3 Å². The van der Waals surface area contributed by atoms with E-state index in [0.717, 1.165) is 18.9 Å². The minimum Gasteiger partial charge on any atom is -0.491 e. The first-order chi connectivity index (χ1) is 14.1. The molecular weight excluding hydrogens is 399 g/mol. The van der Waals surface area contributed by atoms with Crippen LogP contribution in [0.5, 0.6) is 5.75 Å². The predicted molar refractivity (Wildman–Crippen MR) is 104 cm³/mol. The number of anilines is 2. The first-order valence-corrected chi connectivity index (χ1v) is 9.32. The number of ether oxygens (including phenoxy) is 1. The van der Waals surface area contributed by atoms with Crippen molar-refractivity contribution >= 4 is 17.5 Å². The number of carbonyl (C=O) groups excluding carboxylic acids is 1. The summed E-state index contributed by atoms with van der Waals surface area (Å²) in [5, 5.41) is 8.74. The van der Waals surface area contributed by atoms with Crippen molar-refractivity contribution in [3.63, 3.8) is 0 Å². The summed E-state index contributed by atoms with van der Waals surface area (Å²) in [5.74, 6) is 1.62. The number of aromatic nitrogens is 2. The largest absolute Gasteiger partial charge is 0.491 e. The van der Waals surface area contributed by atoms with Gasteiger partial charge in [-0.05, 0) is 25.0 Å². The molecule has 2 aliphatic rings. The number of nitrogen functional groups attached to an aromatic ring is 1. The number of urea groups is 1. The van der Waals surface area contributed by atoms with E-state index in [0.29, 0.717) is 12.7 Å². The fraction of sp³-hybridized carbons (Fsp3) is 0.400. The average Bonchev–Trinajstić information content (AvgIpc) is 3.42. The number of methoxy groups -OCH3 is 1. The van der Waals surface area contributed by atoms with Crippen molar-refractivity contribution in [2.24, 2.45) is 5.92 Å². The van der Waals surface area contributed by atoms with Crippen LogP contribution in [0.1, 0.15) is 30.9 Å². The summed E-state index contributed by atoms with van der Waals surface area (Å²) >= 11 is 0. The Hall–Kier alpha value is -3.35. The van der Waals surface area contributed by atoms with Crippen molar-refractivity contribution in [3.05, 3.63) is 35.3 Å². The quantitative estimate of drug-likeness (QED) is 0.664. The Morgan fingerprint density at radius 3 is 2.77 bits per heavy atom. The van der Waals surface area contributed by atoms with Gasteiger partial charge in [-0.3, -0.25) is 4.68 Å². The Balaban J connectivity index is 1.79. The SMILES string of the molecule is COc1cn(Cc2cc3c(cc2F)[C@@](C#CC2CC2)(C(C)(F)F)NC(=O)N3)nc1N. The third-order valence-electron chi connectivity index (χ3n) is 5.15. The van der Waals surface area contributed by atoms with Gasteiger partial charge in [-0.15, -0.1) is 0 Å². The van der Waals surface area contributed by atoms with Crippen LogP contribution in [0, 0.1) is 23.6 Å². The fourth-order valence-electron chi connectivity index (χ4n) is 3.37. The van der Waals surface area contributed by atoms with Gasteiger partial charge >= 0.3 is 6.03 Å². The van der Waals surface area contributed by atoms with Gasteiger partial charge in [0.05, 0.1) is 19.9 Å². The zero-order valence-electron chi connectivity index (χ0n) is 16.4. The molecule has 1 atom stereocenters. The molecule has 1 aliphatic carbocycles. The van der Waals surface area contributed by atoms with Crippen molar-refractivity contribution in [2.45, 2.75) is 37.8 Å². The number of benzene rings is 1. The van der Waals surface area contributed by atoms with Gasteiger partial charge in [-0.1, -0.05) is 11.8 Å². The zero-order chi connectivity index (χ0) is 21.7. The Morgan fingerprint density at radius 1 is 1.43 bits per heavy atom. The molecule has 1 aromatic carbocycles. The molecule has 2 amide bonds. The Bertz CT molecular complexity index is 1080. The molecule has 158 valence electrons. The highest BCUT2D eigenvalue weighted by Crippen LogP contribution is 2.44. The summed E-state index contributed by atoms with van der Waals surface area (Å²) in [6.07, 6.45) is 3.13. The lowest BCUT2D eigenvalue weighted by Gasteiger charge is -2.40. The van der Waals surface area contributed by atoms with E-state index in [1.807, 2.05) is 0 Å². The molecule has 0 radical (unpaired) electrons. The van der Waals surface area contributed by atoms with Crippen molar-refractivity contribution in [2.75, 3.05) is 18.2 Å². The van der Waals surface area contributed by atoms with Crippen molar-refractivity contribution in [1.29, 1.82) is 0 Å². The van der Waals surface area contributed by atoms with Crippen LogP contribution in [0.25, 0.3) is 0 Å². The number of nitrogens with zero attached hydrogens (tertiary/aromatic N) is 2. The molecule has 4 rings (SSSR count). The summed E-state index contributed by atoms with van der Waals surface area (Å²) in [6.45, 7) is 0.619. The van der Waals surface area contributed by atoms with Gasteiger partial charge in [-0.2, -0.15) is 5.10 Å². The van der Waals surface area contributed by atoms with Gasteiger partial charge in [0.1, 0.15) is 5.82 Å². The number of amides is 2. The third-order valence-corrected chi connectivity index (χ3v) is 5.15. The molecule has 2 aromatic rings. The van der Waals surface area contributed by atoms with Crippen molar-refractivity contribution in [3.8, 4) is 17.6 Å². The zero-order valence-corrected chi connectivity index (χ0v) is 16.4. The van der Waals surface area contributed by atoms with E-state index in [1.54, 1.807) is 0 Å². The Labute approximate surface area is 170 Å². The van der Waals surface area contributed by atoms with Crippen LogP contribution < -0.4 is 21.1 Å². The monoisotopic (exact) mass is 419 g/mol. The number of hydrogen-bond acceptors (Lipinski definition) is 4. The molecule has 1 aliphatic heterocycles. The first kappa shape index (κ1) is 19.9. The van der Waals surface area contributed by atoms with Crippen molar-refractivity contribution in [1.82, 2.24) is 15.1 Å². The van der Waals surface area contributed by atoms with E-state index in [1.165, 1.54) is 24.1 Å². The van der Waals surface area contributed by atoms with E-state index in [4.69, 9.17) is 10.5 Å². The molecule has 7 nitrogen and oxygen atoms in total. The lowest BCUT2D eigenvalue weighted by Crippen LogP contribution is -2.59. The molecule has 0 spiro atoms. The van der Waals surface area contributed by atoms with Gasteiger partial charge < -0.3 is 21.1 Å². The molecule has 30 heavy (non-hydrogen) atoms. The summed E-state index contributed by atoms with van der Waals surface area (Å²) < 4.78 is 50.8. The number of carbonyl (C=O) groups is 1. The highest BCUT2D eigenvalue weighted by atomic mass is 19.3. The standard InChI is InChI=1S/C20H20F3N5O2/c1-19(22,23)20(6-5-11-3-4-11)13-8-14(21)12(7-15(13)25-18(29)26-20)9-28-10-16(30-2)17(24)27-28/h7-8,10-11H,3-4,9H2,1-2H3,(H2,24,27)(H2,25,26,29)/t20-/m0/s1. The number of nitrogens with one attached hydrogen (secondary N) is 2. The summed E-state index contributed by atoms with van der Waals surface area (Å²) in [6, 6.07) is 1.46. The Morgan fingerprint density at radius 2 is 2.17 bits per heavy atom. The van der Waals surface area contributed by atoms with E-state index < -0.39 is 23.3 Å². The topological polar surface area (TPSA) is 94.2 Å². The lowest BCUT2D eigenvalue weighted by atomic mass is 9.81. The molecule has 1 fully saturated rings. The molecule has 1 saturated carbocycles. The Kier molecular flexibility index (Phi) is 4.56. The second-order valence-corrected chi connectivity index (χ2v) is 7.53. The highest BCUT2D eigenvalue weighted by Gasteiger charge is 2.55. The third kappa shape index (κ3) is 3.40. The maximum atomic E-state index is 15.0. The van der Waals surface area contributed by atoms with Gasteiger partial charge in [0, 0.05) is 29.7 Å². The van der Waals surface area contributed by atoms with Gasteiger partial charge in [-0.25, -0.2) is 18.0 Å². The highest BCUT2D eigenvalue weighted by molar-refractivity contribution is 5.95. The number of rotatable bonds is 4. The number of hydrogen-bond donors (Lipinski definition) is 3. The summed E-state index contributed by atoms with van der Waals surface area (Å²) in [7, 11) is 1.42. The van der Waals surface area contributed by atoms with Crippen LogP contribution in [0.3, 0.4) is 0 Å². The van der Waals surface area contributed by atoms with Gasteiger partial charge in [0.2, 0.25) is 0 Å². The maximum absolute atomic E-state index is 15.0. The summed E-state index contributed by atoms with van der Waals surface area (Å²) in [4.78, 5) is 12.2. The predicted octanol–water partition coefficient (Wildman–Crippen LogP) is 3.06. The minimum absolute atomic E-state index is 0.0174. The van der Waals surface area contributed by atoms with Crippen LogP contribution in [0.2, 0.25) is 0 Å². The normalized spacial score (nSPS) is 20.5. The minimum atomic E-state index is -3.46. The molecule has 0 bridgehead atoms. The lowest BCUT2D eigenvalue weighted by molar-refractivity contribution is -0.0465. The summed E-state index contributed by atoms with van der Waals surface area (Å²) in [5.41, 5.74) is 3.45. The van der Waals surface area contributed by atoms with Crippen LogP contribution in [-0.2, 0) is 12.1 Å². The van der Waals surface area contributed by atoms with Crippen LogP contribution in [-0.4, -0.2) is 28.8 Å². The van der Waals surface area contributed by atoms with E-state index >= 15 is 0 Å². The second kappa shape index (κ2) is 6.86. The molecule has 2 heterocycles. The van der Waals surface area contributed by atoms with Crippen LogP contribution >= 0.6 is 0 Å². The molecule has 0 saturated heterocycles. The number of nitrogens with two attached hydrogens (primary N) is 1. The number of alkyl halides is 2. The second-order valence-electron chi connectivity index (χ2n) is 7.53. The number of halogens is 3. The molecular formula is C20H20F3N5O2.